The lowest BCUT2D eigenvalue weighted by Gasteiger charge is -2.28. The zero-order valence-electron chi connectivity index (χ0n) is 8.35. The lowest BCUT2D eigenvalue weighted by molar-refractivity contribution is 0.0630. The van der Waals surface area contributed by atoms with Crippen LogP contribution in [0.1, 0.15) is 19.3 Å². The summed E-state index contributed by atoms with van der Waals surface area (Å²) in [5.74, 6) is -2.59. The van der Waals surface area contributed by atoms with Crippen LogP contribution in [0.5, 0.6) is 0 Å². The summed E-state index contributed by atoms with van der Waals surface area (Å²) < 4.78 is 39.6. The van der Waals surface area contributed by atoms with E-state index >= 15 is 0 Å². The van der Waals surface area contributed by atoms with E-state index in [4.69, 9.17) is 0 Å². The number of aliphatic hydroxyl groups excluding tert-OH is 1. The van der Waals surface area contributed by atoms with Gasteiger partial charge in [-0.15, -0.1) is 0 Å². The van der Waals surface area contributed by atoms with E-state index in [0.29, 0.717) is 0 Å². The van der Waals surface area contributed by atoms with Gasteiger partial charge in [0.05, 0.1) is 12.0 Å². The maximum absolute atomic E-state index is 13.2. The Morgan fingerprint density at radius 1 is 1.33 bits per heavy atom. The van der Waals surface area contributed by atoms with Crippen LogP contribution in [-0.2, 0) is 0 Å². The lowest BCUT2D eigenvalue weighted by atomic mass is 9.88. The van der Waals surface area contributed by atoms with Gasteiger partial charge in [0, 0.05) is 31.5 Å². The number of aliphatic hydroxyl groups is 1. The Balaban J connectivity index is 1.86. The smallest absolute Gasteiger partial charge is 0.255 e. The van der Waals surface area contributed by atoms with Crippen LogP contribution >= 0.6 is 0 Å². The number of hydrogen-bond donors (Lipinski definition) is 1. The van der Waals surface area contributed by atoms with E-state index < -0.39 is 23.0 Å². The van der Waals surface area contributed by atoms with Gasteiger partial charge in [-0.2, -0.15) is 0 Å². The molecule has 15 heavy (non-hydrogen) atoms. The van der Waals surface area contributed by atoms with E-state index in [-0.39, 0.29) is 39.0 Å². The van der Waals surface area contributed by atoms with Crippen molar-refractivity contribution in [3.63, 3.8) is 0 Å². The number of hydrogen-bond acceptors (Lipinski definition) is 2. The van der Waals surface area contributed by atoms with Gasteiger partial charge in [0.15, 0.2) is 0 Å². The highest BCUT2D eigenvalue weighted by atomic mass is 19.3. The van der Waals surface area contributed by atoms with Gasteiger partial charge in [-0.1, -0.05) is 0 Å². The van der Waals surface area contributed by atoms with Crippen molar-refractivity contribution in [2.45, 2.75) is 36.9 Å². The molecule has 3 atom stereocenters. The first kappa shape index (κ1) is 9.90. The van der Waals surface area contributed by atoms with Crippen molar-refractivity contribution in [2.24, 2.45) is 5.41 Å². The molecular weight excluding hydrogens is 207 g/mol. The first-order valence-corrected chi connectivity index (χ1v) is 5.31. The number of alkyl halides is 3. The van der Waals surface area contributed by atoms with Gasteiger partial charge in [0.2, 0.25) is 0 Å². The third kappa shape index (κ3) is 1.08. The zero-order chi connectivity index (χ0) is 10.9. The van der Waals surface area contributed by atoms with Crippen molar-refractivity contribution in [3.8, 4) is 0 Å². The minimum atomic E-state index is -2.59. The summed E-state index contributed by atoms with van der Waals surface area (Å²) in [4.78, 5) is 1.73. The maximum atomic E-state index is 13.2. The molecule has 3 fully saturated rings. The first-order chi connectivity index (χ1) is 6.93. The van der Waals surface area contributed by atoms with Gasteiger partial charge < -0.3 is 5.11 Å². The van der Waals surface area contributed by atoms with Gasteiger partial charge in [-0.25, -0.2) is 13.2 Å². The second-order valence-corrected chi connectivity index (χ2v) is 5.40. The van der Waals surface area contributed by atoms with Crippen molar-refractivity contribution in [3.05, 3.63) is 0 Å². The Hall–Kier alpha value is -0.290. The molecule has 1 N–H and O–H groups in total. The van der Waals surface area contributed by atoms with Gasteiger partial charge in [0.25, 0.3) is 5.92 Å². The molecule has 0 aromatic heterocycles. The molecule has 1 aliphatic carbocycles. The summed E-state index contributed by atoms with van der Waals surface area (Å²) in [6.45, 7) is 0.255. The summed E-state index contributed by atoms with van der Waals surface area (Å²) in [5.41, 5.74) is -1.64. The molecule has 5 heteroatoms. The fourth-order valence-corrected chi connectivity index (χ4v) is 3.47. The van der Waals surface area contributed by atoms with E-state index in [1.165, 1.54) is 0 Å². The second-order valence-electron chi connectivity index (χ2n) is 5.40. The minimum Gasteiger partial charge on any atom is -0.394 e. The molecule has 0 unspecified atom stereocenters. The standard InChI is InChI=1S/C10H14F3NO/c11-7-1-9(6-15)3-8(4-10(8,12)13)5-14(9)2-7/h7,15H,1-6H2/t7-,8-,9-/m1/s1. The van der Waals surface area contributed by atoms with Crippen molar-refractivity contribution in [2.75, 3.05) is 19.7 Å². The normalized spacial score (nSPS) is 52.4. The summed E-state index contributed by atoms with van der Waals surface area (Å²) in [6, 6.07) is 0. The average Bonchev–Trinajstić information content (AvgIpc) is 2.38. The van der Waals surface area contributed by atoms with Gasteiger partial charge in [-0.05, 0) is 6.42 Å². The number of halogens is 3. The largest absolute Gasteiger partial charge is 0.394 e. The van der Waals surface area contributed by atoms with Crippen LogP contribution in [0.25, 0.3) is 0 Å². The Morgan fingerprint density at radius 3 is 2.47 bits per heavy atom. The molecular formula is C10H14F3NO. The molecule has 1 spiro atoms. The predicted molar refractivity (Wildman–Crippen MR) is 47.5 cm³/mol. The van der Waals surface area contributed by atoms with Crippen LogP contribution in [0.15, 0.2) is 0 Å². The molecule has 2 nitrogen and oxygen atoms in total. The number of nitrogens with zero attached hydrogens (tertiary/aromatic N) is 1. The molecule has 0 bridgehead atoms. The van der Waals surface area contributed by atoms with Gasteiger partial charge in [0.1, 0.15) is 6.17 Å². The molecule has 2 saturated heterocycles. The zero-order valence-corrected chi connectivity index (χ0v) is 8.35. The Morgan fingerprint density at radius 2 is 2.00 bits per heavy atom. The van der Waals surface area contributed by atoms with Crippen molar-refractivity contribution < 1.29 is 18.3 Å². The third-order valence-electron chi connectivity index (χ3n) is 4.36. The Kier molecular flexibility index (Phi) is 1.66. The molecule has 3 rings (SSSR count). The van der Waals surface area contributed by atoms with E-state index in [9.17, 15) is 18.3 Å². The van der Waals surface area contributed by atoms with Crippen LogP contribution in [0, 0.1) is 5.41 Å². The van der Waals surface area contributed by atoms with Crippen LogP contribution in [0.3, 0.4) is 0 Å². The Labute approximate surface area is 86.1 Å². The van der Waals surface area contributed by atoms with Crippen LogP contribution < -0.4 is 0 Å². The highest BCUT2D eigenvalue weighted by Crippen LogP contribution is 2.69. The molecule has 1 saturated carbocycles. The topological polar surface area (TPSA) is 23.5 Å². The molecule has 0 aromatic carbocycles. The van der Waals surface area contributed by atoms with Gasteiger partial charge in [-0.3, -0.25) is 4.90 Å². The Bertz CT molecular complexity index is 311. The molecule has 0 amide bonds. The highest BCUT2D eigenvalue weighted by Gasteiger charge is 2.77. The third-order valence-corrected chi connectivity index (χ3v) is 4.36. The van der Waals surface area contributed by atoms with Crippen molar-refractivity contribution in [1.29, 1.82) is 0 Å². The van der Waals surface area contributed by atoms with Crippen LogP contribution in [0.2, 0.25) is 0 Å². The number of fused-ring (bicyclic) bond motifs is 1. The second kappa shape index (κ2) is 2.51. The highest BCUT2D eigenvalue weighted by molar-refractivity contribution is 5.22. The monoisotopic (exact) mass is 221 g/mol. The molecule has 86 valence electrons. The van der Waals surface area contributed by atoms with E-state index in [1.54, 1.807) is 4.90 Å². The molecule has 3 aliphatic rings. The lowest BCUT2D eigenvalue weighted by Crippen LogP contribution is -2.41. The average molecular weight is 221 g/mol. The van der Waals surface area contributed by atoms with E-state index in [1.807, 2.05) is 0 Å². The summed E-state index contributed by atoms with van der Waals surface area (Å²) >= 11 is 0. The predicted octanol–water partition coefficient (Wildman–Crippen LogP) is 1.19. The molecule has 0 radical (unpaired) electrons. The van der Waals surface area contributed by atoms with Crippen molar-refractivity contribution in [1.82, 2.24) is 4.90 Å². The minimum absolute atomic E-state index is 0.0881. The fourth-order valence-electron chi connectivity index (χ4n) is 3.47. The molecule has 2 aliphatic heterocycles. The van der Waals surface area contributed by atoms with Crippen LogP contribution in [0.4, 0.5) is 13.2 Å². The van der Waals surface area contributed by atoms with Crippen molar-refractivity contribution >= 4 is 0 Å². The van der Waals surface area contributed by atoms with E-state index in [0.717, 1.165) is 0 Å². The number of rotatable bonds is 1. The first-order valence-electron chi connectivity index (χ1n) is 5.31. The maximum Gasteiger partial charge on any atom is 0.255 e. The van der Waals surface area contributed by atoms with Crippen LogP contribution in [-0.4, -0.2) is 47.3 Å². The summed E-state index contributed by atoms with van der Waals surface area (Å²) in [5, 5.41) is 9.32. The molecule has 0 aromatic rings. The summed E-state index contributed by atoms with van der Waals surface area (Å²) in [7, 11) is 0. The fraction of sp³-hybridized carbons (Fsp3) is 1.00. The summed E-state index contributed by atoms with van der Waals surface area (Å²) in [6.07, 6.45) is -0.595. The van der Waals surface area contributed by atoms with E-state index in [2.05, 4.69) is 0 Å². The quantitative estimate of drug-likeness (QED) is 0.719. The molecule has 2 heterocycles. The van der Waals surface area contributed by atoms with Gasteiger partial charge >= 0.3 is 0 Å². The SMILES string of the molecule is OC[C@]12C[C@@H](F)CN1C[C@]1(CC1(F)F)C2.